The van der Waals surface area contributed by atoms with E-state index in [-0.39, 0.29) is 24.0 Å². The van der Waals surface area contributed by atoms with Crippen LogP contribution in [-0.4, -0.2) is 37.1 Å². The minimum absolute atomic E-state index is 0. The van der Waals surface area contributed by atoms with Crippen molar-refractivity contribution in [2.24, 2.45) is 10.9 Å². The van der Waals surface area contributed by atoms with E-state index >= 15 is 0 Å². The highest BCUT2D eigenvalue weighted by molar-refractivity contribution is 14.0. The SMILES string of the molecule is CCNC(=NCc1ccc(COCC)cc1)N1CCCC(C)C1.I. The first-order chi connectivity index (χ1) is 11.2. The van der Waals surface area contributed by atoms with Crippen molar-refractivity contribution in [3.05, 3.63) is 35.4 Å². The van der Waals surface area contributed by atoms with Crippen LogP contribution in [0, 0.1) is 5.92 Å². The van der Waals surface area contributed by atoms with Gasteiger partial charge in [-0.1, -0.05) is 31.2 Å². The molecule has 1 heterocycles. The molecular formula is C19H32IN3O. The molecule has 0 spiro atoms. The van der Waals surface area contributed by atoms with Crippen molar-refractivity contribution in [2.45, 2.75) is 46.8 Å². The van der Waals surface area contributed by atoms with Gasteiger partial charge in [0, 0.05) is 26.2 Å². The number of piperidine rings is 1. The van der Waals surface area contributed by atoms with Crippen LogP contribution in [0.25, 0.3) is 0 Å². The molecule has 2 rings (SSSR count). The van der Waals surface area contributed by atoms with Gasteiger partial charge in [0.05, 0.1) is 13.2 Å². The van der Waals surface area contributed by atoms with Gasteiger partial charge in [-0.15, -0.1) is 24.0 Å². The molecule has 1 aliphatic rings. The summed E-state index contributed by atoms with van der Waals surface area (Å²) in [6.45, 7) is 11.8. The maximum absolute atomic E-state index is 5.43. The summed E-state index contributed by atoms with van der Waals surface area (Å²) < 4.78 is 5.43. The predicted octanol–water partition coefficient (Wildman–Crippen LogP) is 4.04. The van der Waals surface area contributed by atoms with Gasteiger partial charge in [-0.2, -0.15) is 0 Å². The molecule has 0 saturated carbocycles. The second-order valence-electron chi connectivity index (χ2n) is 6.32. The van der Waals surface area contributed by atoms with Crippen LogP contribution in [-0.2, 0) is 17.9 Å². The van der Waals surface area contributed by atoms with Crippen LogP contribution in [0.4, 0.5) is 0 Å². The van der Waals surface area contributed by atoms with E-state index in [4.69, 9.17) is 9.73 Å². The van der Waals surface area contributed by atoms with Gasteiger partial charge < -0.3 is 15.0 Å². The number of guanidine groups is 1. The smallest absolute Gasteiger partial charge is 0.194 e. The van der Waals surface area contributed by atoms with E-state index in [2.05, 4.69) is 48.3 Å². The number of nitrogens with one attached hydrogen (secondary N) is 1. The minimum atomic E-state index is 0. The maximum atomic E-state index is 5.43. The van der Waals surface area contributed by atoms with Crippen molar-refractivity contribution in [2.75, 3.05) is 26.2 Å². The van der Waals surface area contributed by atoms with Crippen molar-refractivity contribution in [1.82, 2.24) is 10.2 Å². The number of aliphatic imine (C=N–C) groups is 1. The highest BCUT2D eigenvalue weighted by Gasteiger charge is 2.18. The molecule has 0 radical (unpaired) electrons. The molecule has 1 unspecified atom stereocenters. The van der Waals surface area contributed by atoms with Gasteiger partial charge in [-0.25, -0.2) is 4.99 Å². The molecule has 0 amide bonds. The molecule has 1 aliphatic heterocycles. The third kappa shape index (κ3) is 6.97. The highest BCUT2D eigenvalue weighted by atomic mass is 127. The Morgan fingerprint density at radius 3 is 2.58 bits per heavy atom. The van der Waals surface area contributed by atoms with Crippen molar-refractivity contribution in [3.8, 4) is 0 Å². The molecule has 0 aromatic heterocycles. The Hall–Kier alpha value is -0.820. The predicted molar refractivity (Wildman–Crippen MR) is 112 cm³/mol. The lowest BCUT2D eigenvalue weighted by Crippen LogP contribution is -2.46. The van der Waals surface area contributed by atoms with Crippen molar-refractivity contribution >= 4 is 29.9 Å². The van der Waals surface area contributed by atoms with Crippen molar-refractivity contribution in [3.63, 3.8) is 0 Å². The fourth-order valence-electron chi connectivity index (χ4n) is 2.93. The topological polar surface area (TPSA) is 36.9 Å². The molecule has 4 nitrogen and oxygen atoms in total. The van der Waals surface area contributed by atoms with E-state index in [1.807, 2.05) is 6.92 Å². The van der Waals surface area contributed by atoms with Gasteiger partial charge in [0.1, 0.15) is 0 Å². The van der Waals surface area contributed by atoms with E-state index in [1.54, 1.807) is 0 Å². The number of ether oxygens (including phenoxy) is 1. The van der Waals surface area contributed by atoms with Crippen LogP contribution in [0.15, 0.2) is 29.3 Å². The van der Waals surface area contributed by atoms with E-state index in [0.717, 1.165) is 44.7 Å². The summed E-state index contributed by atoms with van der Waals surface area (Å²) in [6, 6.07) is 8.58. The number of rotatable bonds is 6. The van der Waals surface area contributed by atoms with E-state index in [1.165, 1.54) is 24.0 Å². The van der Waals surface area contributed by atoms with Crippen LogP contribution >= 0.6 is 24.0 Å². The normalized spacial score (nSPS) is 18.2. The summed E-state index contributed by atoms with van der Waals surface area (Å²) in [6.07, 6.45) is 2.59. The first-order valence-corrected chi connectivity index (χ1v) is 8.91. The molecule has 136 valence electrons. The number of halogens is 1. The summed E-state index contributed by atoms with van der Waals surface area (Å²) in [5, 5.41) is 3.44. The molecule has 1 fully saturated rings. The van der Waals surface area contributed by atoms with Crippen LogP contribution in [0.3, 0.4) is 0 Å². The van der Waals surface area contributed by atoms with Gasteiger partial charge >= 0.3 is 0 Å². The highest BCUT2D eigenvalue weighted by Crippen LogP contribution is 2.16. The monoisotopic (exact) mass is 445 g/mol. The van der Waals surface area contributed by atoms with Crippen LogP contribution < -0.4 is 5.32 Å². The zero-order valence-corrected chi connectivity index (χ0v) is 17.6. The van der Waals surface area contributed by atoms with Gasteiger partial charge in [0.2, 0.25) is 0 Å². The Balaban J connectivity index is 0.00000288. The number of likely N-dealkylation sites (tertiary alicyclic amines) is 1. The molecule has 1 saturated heterocycles. The Bertz CT molecular complexity index is 490. The third-order valence-corrected chi connectivity index (χ3v) is 4.20. The van der Waals surface area contributed by atoms with E-state index in [0.29, 0.717) is 6.61 Å². The quantitative estimate of drug-likeness (QED) is 0.408. The van der Waals surface area contributed by atoms with Crippen LogP contribution in [0.2, 0.25) is 0 Å². The summed E-state index contributed by atoms with van der Waals surface area (Å²) >= 11 is 0. The Labute approximate surface area is 164 Å². The first kappa shape index (κ1) is 21.2. The second-order valence-corrected chi connectivity index (χ2v) is 6.32. The van der Waals surface area contributed by atoms with Gasteiger partial charge in [-0.3, -0.25) is 0 Å². The molecule has 1 atom stereocenters. The maximum Gasteiger partial charge on any atom is 0.194 e. The largest absolute Gasteiger partial charge is 0.377 e. The molecule has 0 bridgehead atoms. The van der Waals surface area contributed by atoms with Gasteiger partial charge in [0.15, 0.2) is 5.96 Å². The fraction of sp³-hybridized carbons (Fsp3) is 0.632. The Morgan fingerprint density at radius 2 is 1.96 bits per heavy atom. The Kier molecular flexibility index (Phi) is 10.3. The molecule has 24 heavy (non-hydrogen) atoms. The average molecular weight is 445 g/mol. The number of nitrogens with zero attached hydrogens (tertiary/aromatic N) is 2. The molecule has 1 aromatic carbocycles. The molecule has 1 aromatic rings. The van der Waals surface area contributed by atoms with E-state index in [9.17, 15) is 0 Å². The van der Waals surface area contributed by atoms with E-state index < -0.39 is 0 Å². The summed E-state index contributed by atoms with van der Waals surface area (Å²) in [5.41, 5.74) is 2.46. The van der Waals surface area contributed by atoms with Gasteiger partial charge in [0.25, 0.3) is 0 Å². The standard InChI is InChI=1S/C19H31N3O.HI/c1-4-20-19(22-12-6-7-16(3)14-22)21-13-17-8-10-18(11-9-17)15-23-5-2;/h8-11,16H,4-7,12-15H2,1-3H3,(H,20,21);1H. The van der Waals surface area contributed by atoms with Crippen molar-refractivity contribution in [1.29, 1.82) is 0 Å². The average Bonchev–Trinajstić information content (AvgIpc) is 2.57. The Morgan fingerprint density at radius 1 is 1.25 bits per heavy atom. The second kappa shape index (κ2) is 11.7. The minimum Gasteiger partial charge on any atom is -0.377 e. The fourth-order valence-corrected chi connectivity index (χ4v) is 2.93. The zero-order valence-electron chi connectivity index (χ0n) is 15.3. The molecule has 1 N–H and O–H groups in total. The van der Waals surface area contributed by atoms with Gasteiger partial charge in [-0.05, 0) is 43.7 Å². The number of hydrogen-bond donors (Lipinski definition) is 1. The lowest BCUT2D eigenvalue weighted by Gasteiger charge is -2.33. The zero-order chi connectivity index (χ0) is 16.5. The van der Waals surface area contributed by atoms with Crippen LogP contribution in [0.5, 0.6) is 0 Å². The summed E-state index contributed by atoms with van der Waals surface area (Å²) in [4.78, 5) is 7.24. The summed E-state index contributed by atoms with van der Waals surface area (Å²) in [7, 11) is 0. The molecule has 0 aliphatic carbocycles. The first-order valence-electron chi connectivity index (χ1n) is 8.91. The molecule has 5 heteroatoms. The summed E-state index contributed by atoms with van der Waals surface area (Å²) in [5.74, 6) is 1.81. The van der Waals surface area contributed by atoms with Crippen LogP contribution in [0.1, 0.15) is 44.7 Å². The number of benzene rings is 1. The molecular weight excluding hydrogens is 413 g/mol. The lowest BCUT2D eigenvalue weighted by molar-refractivity contribution is 0.134. The van der Waals surface area contributed by atoms with Crippen molar-refractivity contribution < 1.29 is 4.74 Å². The third-order valence-electron chi connectivity index (χ3n) is 4.20. The lowest BCUT2D eigenvalue weighted by atomic mass is 10.0. The number of hydrogen-bond acceptors (Lipinski definition) is 2.